The second-order valence-electron chi connectivity index (χ2n) is 4.40. The van der Waals surface area contributed by atoms with Crippen LogP contribution in [0.3, 0.4) is 0 Å². The molecule has 1 aromatic heterocycles. The lowest BCUT2D eigenvalue weighted by atomic mass is 9.97. The molecule has 0 fully saturated rings. The van der Waals surface area contributed by atoms with Crippen molar-refractivity contribution in [2.24, 2.45) is 11.7 Å². The van der Waals surface area contributed by atoms with Gasteiger partial charge in [0, 0.05) is 12.3 Å². The summed E-state index contributed by atoms with van der Waals surface area (Å²) in [6.45, 7) is 3.94. The highest BCUT2D eigenvalue weighted by molar-refractivity contribution is 6.06. The van der Waals surface area contributed by atoms with Crippen molar-refractivity contribution >= 4 is 11.8 Å². The summed E-state index contributed by atoms with van der Waals surface area (Å²) < 4.78 is 4.58. The third-order valence-electron chi connectivity index (χ3n) is 2.43. The van der Waals surface area contributed by atoms with E-state index in [4.69, 9.17) is 5.73 Å². The Bertz CT molecular complexity index is 444. The Labute approximate surface area is 106 Å². The van der Waals surface area contributed by atoms with Crippen LogP contribution in [0.1, 0.15) is 41.1 Å². The molecule has 0 unspecified atom stereocenters. The van der Waals surface area contributed by atoms with E-state index in [0.29, 0.717) is 12.3 Å². The van der Waals surface area contributed by atoms with Crippen LogP contribution in [-0.4, -0.2) is 29.9 Å². The predicted octanol–water partition coefficient (Wildman–Crippen LogP) is 1.22. The number of rotatable bonds is 5. The van der Waals surface area contributed by atoms with Crippen LogP contribution in [0.25, 0.3) is 0 Å². The van der Waals surface area contributed by atoms with Crippen molar-refractivity contribution in [3.63, 3.8) is 0 Å². The van der Waals surface area contributed by atoms with Crippen LogP contribution < -0.4 is 5.73 Å². The first-order valence-electron chi connectivity index (χ1n) is 5.72. The summed E-state index contributed by atoms with van der Waals surface area (Å²) in [5.41, 5.74) is 5.86. The molecule has 0 bridgehead atoms. The van der Waals surface area contributed by atoms with Crippen LogP contribution in [-0.2, 0) is 4.74 Å². The van der Waals surface area contributed by atoms with E-state index in [-0.39, 0.29) is 17.0 Å². The van der Waals surface area contributed by atoms with Crippen molar-refractivity contribution in [3.05, 3.63) is 29.6 Å². The molecule has 5 heteroatoms. The average Bonchev–Trinajstić information content (AvgIpc) is 2.36. The maximum absolute atomic E-state index is 12.1. The van der Waals surface area contributed by atoms with Crippen molar-refractivity contribution in [2.75, 3.05) is 7.11 Å². The molecule has 1 aromatic rings. The second kappa shape index (κ2) is 6.26. The zero-order valence-electron chi connectivity index (χ0n) is 10.8. The van der Waals surface area contributed by atoms with Gasteiger partial charge in [-0.2, -0.15) is 0 Å². The first-order chi connectivity index (χ1) is 8.47. The van der Waals surface area contributed by atoms with Crippen LogP contribution >= 0.6 is 0 Å². The Morgan fingerprint density at radius 1 is 1.50 bits per heavy atom. The molecule has 0 spiro atoms. The molecule has 1 atom stereocenters. The maximum atomic E-state index is 12.1. The van der Waals surface area contributed by atoms with Gasteiger partial charge in [-0.25, -0.2) is 4.79 Å². The number of pyridine rings is 1. The molecule has 1 rings (SSSR count). The summed E-state index contributed by atoms with van der Waals surface area (Å²) in [4.78, 5) is 27.5. The molecule has 97 valence electrons. The Balaban J connectivity index is 3.02. The Morgan fingerprint density at radius 3 is 2.72 bits per heavy atom. The SMILES string of the molecule is COC(=O)c1[c]ccnc1C(=O)[C@@H](N)CC(C)C. The van der Waals surface area contributed by atoms with Crippen LogP contribution in [0, 0.1) is 12.0 Å². The Morgan fingerprint density at radius 2 is 2.17 bits per heavy atom. The number of carbonyl (C=O) groups is 2. The number of nitrogens with zero attached hydrogens (tertiary/aromatic N) is 1. The highest BCUT2D eigenvalue weighted by atomic mass is 16.5. The molecular weight excluding hydrogens is 232 g/mol. The molecular formula is C13H17N2O3. The molecule has 0 aromatic carbocycles. The van der Waals surface area contributed by atoms with Gasteiger partial charge in [0.15, 0.2) is 5.78 Å². The summed E-state index contributed by atoms with van der Waals surface area (Å²) >= 11 is 0. The number of esters is 1. The highest BCUT2D eigenvalue weighted by Crippen LogP contribution is 2.12. The molecule has 18 heavy (non-hydrogen) atoms. The van der Waals surface area contributed by atoms with E-state index in [1.54, 1.807) is 0 Å². The van der Waals surface area contributed by atoms with E-state index in [0.717, 1.165) is 0 Å². The number of ketones is 1. The number of hydrogen-bond acceptors (Lipinski definition) is 5. The first-order valence-corrected chi connectivity index (χ1v) is 5.72. The molecule has 1 radical (unpaired) electrons. The number of hydrogen-bond donors (Lipinski definition) is 1. The quantitative estimate of drug-likeness (QED) is 0.626. The normalized spacial score (nSPS) is 12.3. The number of methoxy groups -OCH3 is 1. The zero-order valence-corrected chi connectivity index (χ0v) is 10.8. The molecule has 2 N–H and O–H groups in total. The minimum Gasteiger partial charge on any atom is -0.465 e. The fourth-order valence-corrected chi connectivity index (χ4v) is 1.60. The Hall–Kier alpha value is -1.75. The van der Waals surface area contributed by atoms with Crippen LogP contribution in [0.2, 0.25) is 0 Å². The van der Waals surface area contributed by atoms with Gasteiger partial charge in [0.05, 0.1) is 18.7 Å². The van der Waals surface area contributed by atoms with E-state index in [2.05, 4.69) is 15.8 Å². The summed E-state index contributed by atoms with van der Waals surface area (Å²) in [7, 11) is 1.24. The van der Waals surface area contributed by atoms with E-state index in [1.165, 1.54) is 19.4 Å². The van der Waals surface area contributed by atoms with Crippen LogP contribution in [0.15, 0.2) is 12.3 Å². The minimum absolute atomic E-state index is 0.0255. The predicted molar refractivity (Wildman–Crippen MR) is 66.2 cm³/mol. The van der Waals surface area contributed by atoms with Gasteiger partial charge in [0.2, 0.25) is 0 Å². The summed E-state index contributed by atoms with van der Waals surface area (Å²) in [5, 5.41) is 0. The van der Waals surface area contributed by atoms with Gasteiger partial charge in [0.1, 0.15) is 5.69 Å². The molecule has 0 aliphatic carbocycles. The van der Waals surface area contributed by atoms with Crippen molar-refractivity contribution in [2.45, 2.75) is 26.3 Å². The van der Waals surface area contributed by atoms with Crippen molar-refractivity contribution in [1.29, 1.82) is 0 Å². The number of carbonyl (C=O) groups excluding carboxylic acids is 2. The van der Waals surface area contributed by atoms with Gasteiger partial charge in [-0.1, -0.05) is 13.8 Å². The zero-order chi connectivity index (χ0) is 13.7. The summed E-state index contributed by atoms with van der Waals surface area (Å²) in [6, 6.07) is 3.45. The third kappa shape index (κ3) is 3.37. The number of Topliss-reactive ketones (excluding diaryl/α,β-unsaturated/α-hetero) is 1. The van der Waals surface area contributed by atoms with E-state index < -0.39 is 12.0 Å². The summed E-state index contributed by atoms with van der Waals surface area (Å²) in [6.07, 6.45) is 1.94. The summed E-state index contributed by atoms with van der Waals surface area (Å²) in [5.74, 6) is -0.706. The minimum atomic E-state index is -0.670. The van der Waals surface area contributed by atoms with Gasteiger partial charge in [-0.05, 0) is 18.4 Å². The molecule has 0 saturated carbocycles. The molecule has 5 nitrogen and oxygen atoms in total. The smallest absolute Gasteiger partial charge is 0.340 e. The van der Waals surface area contributed by atoms with E-state index >= 15 is 0 Å². The third-order valence-corrected chi connectivity index (χ3v) is 2.43. The van der Waals surface area contributed by atoms with Crippen molar-refractivity contribution < 1.29 is 14.3 Å². The number of ether oxygens (including phenoxy) is 1. The average molecular weight is 249 g/mol. The van der Waals surface area contributed by atoms with Crippen LogP contribution in [0.5, 0.6) is 0 Å². The van der Waals surface area contributed by atoms with Gasteiger partial charge in [0.25, 0.3) is 0 Å². The van der Waals surface area contributed by atoms with Gasteiger partial charge in [-0.3, -0.25) is 9.78 Å². The highest BCUT2D eigenvalue weighted by Gasteiger charge is 2.24. The lowest BCUT2D eigenvalue weighted by Crippen LogP contribution is -2.33. The molecule has 1 heterocycles. The topological polar surface area (TPSA) is 82.3 Å². The van der Waals surface area contributed by atoms with Gasteiger partial charge >= 0.3 is 5.97 Å². The fourth-order valence-electron chi connectivity index (χ4n) is 1.60. The van der Waals surface area contributed by atoms with Gasteiger partial charge < -0.3 is 10.5 Å². The molecule has 0 aliphatic heterocycles. The lowest BCUT2D eigenvalue weighted by Gasteiger charge is -2.13. The maximum Gasteiger partial charge on any atom is 0.340 e. The molecule has 0 aliphatic rings. The number of nitrogens with two attached hydrogens (primary N) is 1. The largest absolute Gasteiger partial charge is 0.465 e. The van der Waals surface area contributed by atoms with E-state index in [1.807, 2.05) is 13.8 Å². The van der Waals surface area contributed by atoms with Crippen molar-refractivity contribution in [3.8, 4) is 0 Å². The Kier molecular flexibility index (Phi) is 4.97. The van der Waals surface area contributed by atoms with Crippen molar-refractivity contribution in [1.82, 2.24) is 4.98 Å². The van der Waals surface area contributed by atoms with Gasteiger partial charge in [-0.15, -0.1) is 0 Å². The molecule has 0 saturated heterocycles. The fraction of sp³-hybridized carbons (Fsp3) is 0.462. The van der Waals surface area contributed by atoms with E-state index in [9.17, 15) is 9.59 Å². The van der Waals surface area contributed by atoms with Crippen LogP contribution in [0.4, 0.5) is 0 Å². The number of aromatic nitrogens is 1. The standard InChI is InChI=1S/C13H17N2O3/c1-8(2)7-10(14)12(16)11-9(13(17)18-3)5-4-6-15-11/h4,6,8,10H,7,14H2,1-3H3/t10-/m0/s1. The lowest BCUT2D eigenvalue weighted by molar-refractivity contribution is 0.0595. The monoisotopic (exact) mass is 249 g/mol. The first kappa shape index (κ1) is 14.3. The molecule has 0 amide bonds. The second-order valence-corrected chi connectivity index (χ2v) is 4.40.